The van der Waals surface area contributed by atoms with E-state index >= 15 is 0 Å². The van der Waals surface area contributed by atoms with Crippen LogP contribution in [0.3, 0.4) is 0 Å². The molecule has 3 amide bonds. The van der Waals surface area contributed by atoms with Crippen LogP contribution in [-0.2, 0) is 14.3 Å². The second-order valence-corrected chi connectivity index (χ2v) is 6.88. The van der Waals surface area contributed by atoms with Crippen molar-refractivity contribution < 1.29 is 27.9 Å². The number of piperazine rings is 1. The summed E-state index contributed by atoms with van der Waals surface area (Å²) in [4.78, 5) is 38.9. The number of ether oxygens (including phenoxy) is 1. The van der Waals surface area contributed by atoms with Crippen molar-refractivity contribution in [3.05, 3.63) is 23.8 Å². The maximum atomic E-state index is 14.7. The van der Waals surface area contributed by atoms with Crippen molar-refractivity contribution in [1.82, 2.24) is 10.2 Å². The van der Waals surface area contributed by atoms with Crippen LogP contribution in [0.4, 0.5) is 25.0 Å². The molecule has 9 nitrogen and oxygen atoms in total. The van der Waals surface area contributed by atoms with E-state index in [0.717, 1.165) is 17.0 Å². The largest absolute Gasteiger partial charge is 0.442 e. The standard InChI is InChI=1S/C18H23F2N5O4/c1-11(26)22-9-13-10-25(18(28)29-13)12-6-14(19)17(15(20)7-12)24-4-2-23(3-5-24)16(27)8-21/h6-7,13H,2-5,8-10,21H2,1H3,(H,22,26)/t13-/m0/s1. The molecule has 158 valence electrons. The lowest BCUT2D eigenvalue weighted by Crippen LogP contribution is -2.50. The third-order valence-electron chi connectivity index (χ3n) is 4.89. The highest BCUT2D eigenvalue weighted by atomic mass is 19.1. The van der Waals surface area contributed by atoms with Crippen molar-refractivity contribution in [2.75, 3.05) is 55.6 Å². The van der Waals surface area contributed by atoms with Crippen LogP contribution in [0.25, 0.3) is 0 Å². The molecule has 0 aromatic heterocycles. The Bertz CT molecular complexity index is 790. The lowest BCUT2D eigenvalue weighted by atomic mass is 10.2. The predicted octanol–water partition coefficient (Wildman–Crippen LogP) is 0.0334. The zero-order valence-corrected chi connectivity index (χ0v) is 16.0. The van der Waals surface area contributed by atoms with E-state index in [1.165, 1.54) is 11.8 Å². The number of benzene rings is 1. The zero-order valence-electron chi connectivity index (χ0n) is 16.0. The van der Waals surface area contributed by atoms with Gasteiger partial charge in [-0.3, -0.25) is 14.5 Å². The Hall–Kier alpha value is -2.95. The maximum Gasteiger partial charge on any atom is 0.414 e. The number of carbonyl (C=O) groups excluding carboxylic acids is 3. The first-order chi connectivity index (χ1) is 13.8. The van der Waals surface area contributed by atoms with Gasteiger partial charge >= 0.3 is 6.09 Å². The summed E-state index contributed by atoms with van der Waals surface area (Å²) in [7, 11) is 0. The zero-order chi connectivity index (χ0) is 21.1. The number of rotatable bonds is 5. The van der Waals surface area contributed by atoms with Crippen LogP contribution in [0.15, 0.2) is 12.1 Å². The monoisotopic (exact) mass is 411 g/mol. The molecule has 2 heterocycles. The summed E-state index contributed by atoms with van der Waals surface area (Å²) in [6.45, 7) is 2.59. The van der Waals surface area contributed by atoms with E-state index in [-0.39, 0.29) is 55.9 Å². The summed E-state index contributed by atoms with van der Waals surface area (Å²) in [5, 5.41) is 2.54. The lowest BCUT2D eigenvalue weighted by molar-refractivity contribution is -0.130. The molecule has 3 rings (SSSR count). The molecule has 2 aliphatic heterocycles. The van der Waals surface area contributed by atoms with Gasteiger partial charge in [-0.2, -0.15) is 0 Å². The van der Waals surface area contributed by atoms with Gasteiger partial charge in [0.15, 0.2) is 11.6 Å². The van der Waals surface area contributed by atoms with Crippen LogP contribution in [0, 0.1) is 11.6 Å². The number of hydrogen-bond acceptors (Lipinski definition) is 6. The van der Waals surface area contributed by atoms with Gasteiger partial charge in [-0.25, -0.2) is 13.6 Å². The molecule has 1 aromatic rings. The Balaban J connectivity index is 1.71. The molecule has 0 unspecified atom stereocenters. The van der Waals surface area contributed by atoms with Crippen LogP contribution >= 0.6 is 0 Å². The molecule has 0 aliphatic carbocycles. The third kappa shape index (κ3) is 4.56. The average Bonchev–Trinajstić information content (AvgIpc) is 3.06. The van der Waals surface area contributed by atoms with E-state index in [0.29, 0.717) is 13.1 Å². The Labute approximate surface area is 166 Å². The number of anilines is 2. The van der Waals surface area contributed by atoms with Gasteiger partial charge in [-0.05, 0) is 0 Å². The van der Waals surface area contributed by atoms with Crippen molar-refractivity contribution in [2.45, 2.75) is 13.0 Å². The van der Waals surface area contributed by atoms with Gasteiger partial charge in [0.05, 0.1) is 25.3 Å². The first-order valence-corrected chi connectivity index (χ1v) is 9.24. The second kappa shape index (κ2) is 8.60. The Kier molecular flexibility index (Phi) is 6.16. The number of hydrogen-bond donors (Lipinski definition) is 2. The first-order valence-electron chi connectivity index (χ1n) is 9.24. The number of nitrogens with one attached hydrogen (secondary N) is 1. The fourth-order valence-corrected chi connectivity index (χ4v) is 3.41. The molecule has 11 heteroatoms. The van der Waals surface area contributed by atoms with Gasteiger partial charge in [0.1, 0.15) is 11.8 Å². The molecule has 3 N–H and O–H groups in total. The minimum Gasteiger partial charge on any atom is -0.442 e. The van der Waals surface area contributed by atoms with Crippen LogP contribution in [-0.4, -0.2) is 74.7 Å². The molecular formula is C18H23F2N5O4. The fourth-order valence-electron chi connectivity index (χ4n) is 3.41. The average molecular weight is 411 g/mol. The second-order valence-electron chi connectivity index (χ2n) is 6.88. The number of halogens is 2. The summed E-state index contributed by atoms with van der Waals surface area (Å²) in [5.41, 5.74) is 5.18. The SMILES string of the molecule is CC(=O)NC[C@H]1CN(c2cc(F)c(N3CCN(C(=O)CN)CC3)c(F)c2)C(=O)O1. The summed E-state index contributed by atoms with van der Waals surface area (Å²) in [6, 6.07) is 2.16. The quantitative estimate of drug-likeness (QED) is 0.708. The Morgan fingerprint density at radius 2 is 1.83 bits per heavy atom. The summed E-state index contributed by atoms with van der Waals surface area (Å²) >= 11 is 0. The molecule has 0 bridgehead atoms. The molecule has 1 aromatic carbocycles. The molecular weight excluding hydrogens is 388 g/mol. The summed E-state index contributed by atoms with van der Waals surface area (Å²) in [5.74, 6) is -2.09. The van der Waals surface area contributed by atoms with E-state index < -0.39 is 23.8 Å². The summed E-state index contributed by atoms with van der Waals surface area (Å²) < 4.78 is 34.6. The molecule has 2 fully saturated rings. The van der Waals surface area contributed by atoms with Crippen molar-refractivity contribution >= 4 is 29.3 Å². The molecule has 0 radical (unpaired) electrons. The maximum absolute atomic E-state index is 14.7. The van der Waals surface area contributed by atoms with Crippen molar-refractivity contribution in [2.24, 2.45) is 5.73 Å². The van der Waals surface area contributed by atoms with Gasteiger partial charge in [0.2, 0.25) is 11.8 Å². The van der Waals surface area contributed by atoms with Crippen LogP contribution in [0.1, 0.15) is 6.92 Å². The van der Waals surface area contributed by atoms with Crippen LogP contribution in [0.5, 0.6) is 0 Å². The normalized spacial score (nSPS) is 19.4. The summed E-state index contributed by atoms with van der Waals surface area (Å²) in [6.07, 6.45) is -1.34. The van der Waals surface area contributed by atoms with E-state index in [2.05, 4.69) is 5.32 Å². The molecule has 29 heavy (non-hydrogen) atoms. The molecule has 0 spiro atoms. The minimum atomic E-state index is -0.809. The van der Waals surface area contributed by atoms with Crippen LogP contribution < -0.4 is 20.9 Å². The Morgan fingerprint density at radius 3 is 2.38 bits per heavy atom. The number of carbonyl (C=O) groups is 3. The smallest absolute Gasteiger partial charge is 0.414 e. The lowest BCUT2D eigenvalue weighted by Gasteiger charge is -2.36. The van der Waals surface area contributed by atoms with Crippen molar-refractivity contribution in [3.8, 4) is 0 Å². The molecule has 0 saturated carbocycles. The highest BCUT2D eigenvalue weighted by Crippen LogP contribution is 2.31. The first kappa shape index (κ1) is 20.8. The fraction of sp³-hybridized carbons (Fsp3) is 0.500. The number of amides is 3. The highest BCUT2D eigenvalue weighted by Gasteiger charge is 2.34. The number of nitrogens with zero attached hydrogens (tertiary/aromatic N) is 3. The molecule has 1 atom stereocenters. The van der Waals surface area contributed by atoms with E-state index in [4.69, 9.17) is 10.5 Å². The van der Waals surface area contributed by atoms with Crippen molar-refractivity contribution in [1.29, 1.82) is 0 Å². The number of nitrogens with two attached hydrogens (primary N) is 1. The van der Waals surface area contributed by atoms with E-state index in [1.807, 2.05) is 0 Å². The van der Waals surface area contributed by atoms with Gasteiger partial charge in [0.25, 0.3) is 0 Å². The van der Waals surface area contributed by atoms with Gasteiger partial charge in [-0.1, -0.05) is 0 Å². The Morgan fingerprint density at radius 1 is 1.21 bits per heavy atom. The van der Waals surface area contributed by atoms with E-state index in [9.17, 15) is 23.2 Å². The van der Waals surface area contributed by atoms with Gasteiger partial charge < -0.3 is 25.6 Å². The molecule has 2 aliphatic rings. The van der Waals surface area contributed by atoms with Crippen molar-refractivity contribution in [3.63, 3.8) is 0 Å². The molecule has 2 saturated heterocycles. The highest BCUT2D eigenvalue weighted by molar-refractivity contribution is 5.90. The topological polar surface area (TPSA) is 108 Å². The minimum absolute atomic E-state index is 0.0380. The number of cyclic esters (lactones) is 1. The van der Waals surface area contributed by atoms with Gasteiger partial charge in [0, 0.05) is 45.2 Å². The van der Waals surface area contributed by atoms with Gasteiger partial charge in [-0.15, -0.1) is 0 Å². The predicted molar refractivity (Wildman–Crippen MR) is 101 cm³/mol. The third-order valence-corrected chi connectivity index (χ3v) is 4.89. The van der Waals surface area contributed by atoms with E-state index in [1.54, 1.807) is 4.90 Å². The van der Waals surface area contributed by atoms with Crippen LogP contribution in [0.2, 0.25) is 0 Å².